The second-order valence-corrected chi connectivity index (χ2v) is 6.57. The summed E-state index contributed by atoms with van der Waals surface area (Å²) in [7, 11) is 0. The third-order valence-corrected chi connectivity index (χ3v) is 4.62. The van der Waals surface area contributed by atoms with Gasteiger partial charge in [-0.2, -0.15) is 0 Å². The first-order valence-electron chi connectivity index (χ1n) is 9.09. The first-order valence-corrected chi connectivity index (χ1v) is 9.09. The summed E-state index contributed by atoms with van der Waals surface area (Å²) in [6.07, 6.45) is 4.02. The number of anilines is 1. The number of benzene rings is 1. The van der Waals surface area contributed by atoms with Crippen molar-refractivity contribution in [3.8, 4) is 0 Å². The van der Waals surface area contributed by atoms with Gasteiger partial charge in [-0.25, -0.2) is 9.37 Å². The Hall–Kier alpha value is -3.42. The highest BCUT2D eigenvalue weighted by molar-refractivity contribution is 6.05. The molecule has 0 bridgehead atoms. The minimum absolute atomic E-state index is 0.200. The Morgan fingerprint density at radius 2 is 2.07 bits per heavy atom. The number of nitrogens with one attached hydrogen (secondary N) is 2. The van der Waals surface area contributed by atoms with Crippen molar-refractivity contribution in [1.82, 2.24) is 14.9 Å². The summed E-state index contributed by atoms with van der Waals surface area (Å²) < 4.78 is 20.4. The maximum absolute atomic E-state index is 13.4. The van der Waals surface area contributed by atoms with Crippen LogP contribution in [0.5, 0.6) is 0 Å². The molecule has 0 radical (unpaired) electrons. The highest BCUT2D eigenvalue weighted by atomic mass is 19.1. The minimum atomic E-state index is -0.457. The highest BCUT2D eigenvalue weighted by Crippen LogP contribution is 2.22. The zero-order chi connectivity index (χ0) is 19.5. The first kappa shape index (κ1) is 18.0. The Kier molecular flexibility index (Phi) is 4.92. The van der Waals surface area contributed by atoms with Gasteiger partial charge in [-0.05, 0) is 49.6 Å². The van der Waals surface area contributed by atoms with Crippen LogP contribution in [0.1, 0.15) is 45.4 Å². The average molecular weight is 382 g/mol. The molecule has 1 aromatic carbocycles. The van der Waals surface area contributed by atoms with E-state index < -0.39 is 11.7 Å². The quantitative estimate of drug-likeness (QED) is 0.710. The van der Waals surface area contributed by atoms with Crippen molar-refractivity contribution >= 4 is 17.5 Å². The molecule has 0 unspecified atom stereocenters. The Labute approximate surface area is 160 Å². The lowest BCUT2D eigenvalue weighted by atomic mass is 10.1. The molecule has 0 spiro atoms. The van der Waals surface area contributed by atoms with Gasteiger partial charge in [0.15, 0.2) is 11.5 Å². The number of rotatable bonds is 5. The Morgan fingerprint density at radius 1 is 1.18 bits per heavy atom. The van der Waals surface area contributed by atoms with Crippen LogP contribution < -0.4 is 10.6 Å². The van der Waals surface area contributed by atoms with Gasteiger partial charge < -0.3 is 19.6 Å². The fourth-order valence-electron chi connectivity index (χ4n) is 3.31. The fraction of sp³-hybridized carbons (Fsp3) is 0.250. The molecule has 3 heterocycles. The average Bonchev–Trinajstić information content (AvgIpc) is 3.34. The maximum atomic E-state index is 13.4. The van der Waals surface area contributed by atoms with Gasteiger partial charge in [0, 0.05) is 12.2 Å². The van der Waals surface area contributed by atoms with E-state index in [2.05, 4.69) is 15.6 Å². The van der Waals surface area contributed by atoms with Crippen molar-refractivity contribution in [2.45, 2.75) is 32.4 Å². The topological polar surface area (TPSA) is 89.2 Å². The van der Waals surface area contributed by atoms with Crippen LogP contribution in [0.25, 0.3) is 0 Å². The summed E-state index contributed by atoms with van der Waals surface area (Å²) in [6.45, 7) is 0.859. The van der Waals surface area contributed by atoms with Crippen LogP contribution in [0.3, 0.4) is 0 Å². The molecule has 0 aliphatic carbocycles. The van der Waals surface area contributed by atoms with E-state index in [4.69, 9.17) is 4.42 Å². The van der Waals surface area contributed by atoms with Crippen LogP contribution >= 0.6 is 0 Å². The van der Waals surface area contributed by atoms with Gasteiger partial charge in [-0.1, -0.05) is 6.07 Å². The van der Waals surface area contributed by atoms with Crippen molar-refractivity contribution in [2.24, 2.45) is 0 Å². The Balaban J connectivity index is 1.57. The normalized spacial score (nSPS) is 13.0. The van der Waals surface area contributed by atoms with Gasteiger partial charge in [0.05, 0.1) is 18.5 Å². The van der Waals surface area contributed by atoms with Gasteiger partial charge >= 0.3 is 0 Å². The molecule has 28 heavy (non-hydrogen) atoms. The Bertz CT molecular complexity index is 1010. The molecule has 2 aromatic heterocycles. The molecule has 0 saturated carbocycles. The monoisotopic (exact) mass is 382 g/mol. The Morgan fingerprint density at radius 3 is 2.86 bits per heavy atom. The lowest BCUT2D eigenvalue weighted by Gasteiger charge is -2.17. The number of carbonyl (C=O) groups is 2. The molecule has 4 rings (SSSR count). The fourth-order valence-corrected chi connectivity index (χ4v) is 3.31. The molecule has 7 nitrogen and oxygen atoms in total. The molecular weight excluding hydrogens is 363 g/mol. The maximum Gasteiger partial charge on any atom is 0.287 e. The van der Waals surface area contributed by atoms with E-state index in [0.29, 0.717) is 24.4 Å². The summed E-state index contributed by atoms with van der Waals surface area (Å²) in [6, 6.07) is 9.15. The van der Waals surface area contributed by atoms with E-state index in [1.165, 1.54) is 24.5 Å². The van der Waals surface area contributed by atoms with Crippen molar-refractivity contribution in [1.29, 1.82) is 0 Å². The van der Waals surface area contributed by atoms with E-state index in [1.807, 2.05) is 0 Å². The molecule has 0 saturated heterocycles. The van der Waals surface area contributed by atoms with Crippen LogP contribution in [0.2, 0.25) is 0 Å². The summed E-state index contributed by atoms with van der Waals surface area (Å²) in [5, 5.41) is 5.42. The smallest absolute Gasteiger partial charge is 0.287 e. The van der Waals surface area contributed by atoms with Gasteiger partial charge in [-0.15, -0.1) is 0 Å². The number of furan rings is 1. The number of imidazole rings is 1. The summed E-state index contributed by atoms with van der Waals surface area (Å²) in [5.41, 5.74) is 1.27. The van der Waals surface area contributed by atoms with Crippen LogP contribution in [0.15, 0.2) is 47.1 Å². The number of halogens is 1. The van der Waals surface area contributed by atoms with Crippen molar-refractivity contribution in [2.75, 3.05) is 5.32 Å². The summed E-state index contributed by atoms with van der Waals surface area (Å²) in [4.78, 5) is 29.7. The van der Waals surface area contributed by atoms with Crippen molar-refractivity contribution < 1.29 is 18.4 Å². The first-order chi connectivity index (χ1) is 13.6. The standard InChI is InChI=1S/C20H19FN4O3/c21-13-5-3-6-14(11-13)23-19(26)17-16-8-1-2-9-25(16)18(24-17)20(27)22-12-15-7-4-10-28-15/h3-7,10-11H,1-2,8-9,12H2,(H,22,27)(H,23,26). The van der Waals surface area contributed by atoms with E-state index in [1.54, 1.807) is 22.8 Å². The summed E-state index contributed by atoms with van der Waals surface area (Å²) in [5.74, 6) is -0.443. The van der Waals surface area contributed by atoms with E-state index in [0.717, 1.165) is 18.5 Å². The molecule has 8 heteroatoms. The number of fused-ring (bicyclic) bond motifs is 1. The van der Waals surface area contributed by atoms with Crippen molar-refractivity contribution in [3.05, 3.63) is 71.5 Å². The van der Waals surface area contributed by atoms with Crippen LogP contribution in [0.4, 0.5) is 10.1 Å². The number of nitrogens with zero attached hydrogens (tertiary/aromatic N) is 2. The van der Waals surface area contributed by atoms with Gasteiger partial charge in [0.2, 0.25) is 0 Å². The minimum Gasteiger partial charge on any atom is -0.467 e. The third kappa shape index (κ3) is 3.66. The van der Waals surface area contributed by atoms with Crippen LogP contribution in [-0.2, 0) is 19.5 Å². The number of carbonyl (C=O) groups excluding carboxylic acids is 2. The lowest BCUT2D eigenvalue weighted by molar-refractivity contribution is 0.0932. The lowest BCUT2D eigenvalue weighted by Crippen LogP contribution is -2.27. The van der Waals surface area contributed by atoms with Crippen molar-refractivity contribution in [3.63, 3.8) is 0 Å². The number of hydrogen-bond acceptors (Lipinski definition) is 4. The molecule has 2 amide bonds. The SMILES string of the molecule is O=C(Nc1cccc(F)c1)c1nc(C(=O)NCc2ccco2)n2c1CCCC2. The highest BCUT2D eigenvalue weighted by Gasteiger charge is 2.27. The third-order valence-electron chi connectivity index (χ3n) is 4.62. The van der Waals surface area contributed by atoms with E-state index in [-0.39, 0.29) is 24.0 Å². The molecule has 3 aromatic rings. The molecule has 0 fully saturated rings. The summed E-state index contributed by atoms with van der Waals surface area (Å²) >= 11 is 0. The zero-order valence-corrected chi connectivity index (χ0v) is 15.1. The largest absolute Gasteiger partial charge is 0.467 e. The second-order valence-electron chi connectivity index (χ2n) is 6.57. The van der Waals surface area contributed by atoms with E-state index >= 15 is 0 Å². The number of aromatic nitrogens is 2. The van der Waals surface area contributed by atoms with E-state index in [9.17, 15) is 14.0 Å². The zero-order valence-electron chi connectivity index (χ0n) is 15.1. The predicted octanol–water partition coefficient (Wildman–Crippen LogP) is 3.13. The number of hydrogen-bond donors (Lipinski definition) is 2. The van der Waals surface area contributed by atoms with Crippen LogP contribution in [-0.4, -0.2) is 21.4 Å². The van der Waals surface area contributed by atoms with Gasteiger partial charge in [0.1, 0.15) is 11.6 Å². The molecule has 1 aliphatic rings. The molecule has 1 aliphatic heterocycles. The molecule has 0 atom stereocenters. The van der Waals surface area contributed by atoms with Gasteiger partial charge in [-0.3, -0.25) is 9.59 Å². The van der Waals surface area contributed by atoms with Crippen LogP contribution in [0, 0.1) is 5.82 Å². The molecule has 144 valence electrons. The van der Waals surface area contributed by atoms with Gasteiger partial charge in [0.25, 0.3) is 11.8 Å². The number of amides is 2. The predicted molar refractivity (Wildman–Crippen MR) is 99.4 cm³/mol. The molecular formula is C20H19FN4O3. The molecule has 2 N–H and O–H groups in total. The second kappa shape index (κ2) is 7.67.